The van der Waals surface area contributed by atoms with Crippen molar-refractivity contribution in [3.63, 3.8) is 0 Å². The number of hydrogen-bond acceptors (Lipinski definition) is 3. The summed E-state index contributed by atoms with van der Waals surface area (Å²) in [5.41, 5.74) is 1.60. The first-order valence-electron chi connectivity index (χ1n) is 4.42. The smallest absolute Gasteiger partial charge is 0.234 e. The van der Waals surface area contributed by atoms with E-state index in [0.717, 1.165) is 16.0 Å². The van der Waals surface area contributed by atoms with Crippen LogP contribution in [0.2, 0.25) is 9.49 Å². The standard InChI is InChI=1S/C10H4Cl2FNOS/c11-6-1-4-3-15-9-8(16-10(12)14-9)5(4)2-7(6)13/h1-2H,3H2. The van der Waals surface area contributed by atoms with Crippen LogP contribution in [0.3, 0.4) is 0 Å². The van der Waals surface area contributed by atoms with E-state index < -0.39 is 5.82 Å². The van der Waals surface area contributed by atoms with Crippen molar-refractivity contribution in [3.8, 4) is 16.3 Å². The molecule has 0 radical (unpaired) electrons. The van der Waals surface area contributed by atoms with Gasteiger partial charge in [-0.3, -0.25) is 0 Å². The molecule has 3 rings (SSSR count). The predicted octanol–water partition coefficient (Wildman–Crippen LogP) is 4.15. The normalized spacial score (nSPS) is 12.9. The van der Waals surface area contributed by atoms with Crippen LogP contribution in [0, 0.1) is 5.82 Å². The van der Waals surface area contributed by atoms with E-state index in [4.69, 9.17) is 27.9 Å². The first-order valence-corrected chi connectivity index (χ1v) is 6.00. The van der Waals surface area contributed by atoms with E-state index in [9.17, 15) is 4.39 Å². The Kier molecular flexibility index (Phi) is 2.31. The molecule has 6 heteroatoms. The van der Waals surface area contributed by atoms with Gasteiger partial charge in [0.1, 0.15) is 12.4 Å². The Labute approximate surface area is 105 Å². The second-order valence-corrected chi connectivity index (χ2v) is 5.30. The molecule has 0 bridgehead atoms. The van der Waals surface area contributed by atoms with Gasteiger partial charge in [0.2, 0.25) is 5.88 Å². The second kappa shape index (κ2) is 3.58. The Morgan fingerprint density at radius 3 is 3.00 bits per heavy atom. The highest BCUT2D eigenvalue weighted by molar-refractivity contribution is 7.19. The molecule has 82 valence electrons. The Morgan fingerprint density at radius 1 is 1.38 bits per heavy atom. The van der Waals surface area contributed by atoms with Gasteiger partial charge in [0.25, 0.3) is 0 Å². The molecular formula is C10H4Cl2FNOS. The SMILES string of the molecule is Fc1cc2c(cc1Cl)COc1nc(Cl)sc1-2. The van der Waals surface area contributed by atoms with Gasteiger partial charge in [-0.15, -0.1) is 0 Å². The van der Waals surface area contributed by atoms with Crippen molar-refractivity contribution in [1.29, 1.82) is 0 Å². The number of thiazole rings is 1. The maximum atomic E-state index is 13.4. The number of halogens is 3. The lowest BCUT2D eigenvalue weighted by Gasteiger charge is -2.16. The van der Waals surface area contributed by atoms with Gasteiger partial charge in [0, 0.05) is 5.56 Å². The molecule has 0 saturated heterocycles. The van der Waals surface area contributed by atoms with E-state index >= 15 is 0 Å². The third kappa shape index (κ3) is 1.49. The van der Waals surface area contributed by atoms with Crippen LogP contribution in [-0.2, 0) is 6.61 Å². The van der Waals surface area contributed by atoms with E-state index in [1.807, 2.05) is 0 Å². The molecule has 2 nitrogen and oxygen atoms in total. The summed E-state index contributed by atoms with van der Waals surface area (Å²) in [7, 11) is 0. The molecule has 1 aromatic carbocycles. The second-order valence-electron chi connectivity index (χ2n) is 3.31. The Balaban J connectivity index is 2.27. The van der Waals surface area contributed by atoms with Gasteiger partial charge in [-0.2, -0.15) is 4.98 Å². The lowest BCUT2D eigenvalue weighted by atomic mass is 10.1. The number of aromatic nitrogens is 1. The number of benzene rings is 1. The van der Waals surface area contributed by atoms with Crippen molar-refractivity contribution >= 4 is 34.5 Å². The van der Waals surface area contributed by atoms with Crippen LogP contribution < -0.4 is 4.74 Å². The maximum Gasteiger partial charge on any atom is 0.234 e. The van der Waals surface area contributed by atoms with Gasteiger partial charge in [-0.05, 0) is 17.7 Å². The van der Waals surface area contributed by atoms with E-state index in [1.165, 1.54) is 17.4 Å². The van der Waals surface area contributed by atoms with E-state index in [2.05, 4.69) is 4.98 Å². The lowest BCUT2D eigenvalue weighted by Crippen LogP contribution is -2.04. The topological polar surface area (TPSA) is 22.1 Å². The molecule has 0 unspecified atom stereocenters. The van der Waals surface area contributed by atoms with Crippen LogP contribution in [0.1, 0.15) is 5.56 Å². The minimum Gasteiger partial charge on any atom is -0.472 e. The summed E-state index contributed by atoms with van der Waals surface area (Å²) in [5, 5.41) is 0.0985. The zero-order valence-corrected chi connectivity index (χ0v) is 10.1. The quantitative estimate of drug-likeness (QED) is 0.721. The van der Waals surface area contributed by atoms with Crippen LogP contribution >= 0.6 is 34.5 Å². The maximum absolute atomic E-state index is 13.4. The molecule has 0 aliphatic carbocycles. The molecule has 16 heavy (non-hydrogen) atoms. The average Bonchev–Trinajstić information content (AvgIpc) is 2.61. The first kappa shape index (κ1) is 10.3. The van der Waals surface area contributed by atoms with Crippen molar-refractivity contribution in [3.05, 3.63) is 33.0 Å². The fourth-order valence-corrected chi connectivity index (χ4v) is 2.90. The third-order valence-electron chi connectivity index (χ3n) is 2.33. The molecule has 0 spiro atoms. The lowest BCUT2D eigenvalue weighted by molar-refractivity contribution is 0.292. The van der Waals surface area contributed by atoms with Crippen molar-refractivity contribution in [1.82, 2.24) is 4.98 Å². The number of hydrogen-bond donors (Lipinski definition) is 0. The molecule has 2 heterocycles. The molecule has 1 aromatic heterocycles. The van der Waals surface area contributed by atoms with Gasteiger partial charge in [0.05, 0.1) is 9.90 Å². The van der Waals surface area contributed by atoms with E-state index in [1.54, 1.807) is 6.07 Å². The highest BCUT2D eigenvalue weighted by Crippen LogP contribution is 2.43. The number of ether oxygens (including phenoxy) is 1. The summed E-state index contributed by atoms with van der Waals surface area (Å²) in [5.74, 6) is 0.0158. The van der Waals surface area contributed by atoms with Gasteiger partial charge < -0.3 is 4.74 Å². The molecule has 0 saturated carbocycles. The molecule has 1 aliphatic rings. The molecule has 1 aliphatic heterocycles. The molecule has 0 amide bonds. The largest absolute Gasteiger partial charge is 0.472 e. The Morgan fingerprint density at radius 2 is 2.19 bits per heavy atom. The predicted molar refractivity (Wildman–Crippen MR) is 61.9 cm³/mol. The van der Waals surface area contributed by atoms with Crippen LogP contribution in [-0.4, -0.2) is 4.98 Å². The number of nitrogens with zero attached hydrogens (tertiary/aromatic N) is 1. The fourth-order valence-electron chi connectivity index (χ4n) is 1.61. The Hall–Kier alpha value is -0.840. The van der Waals surface area contributed by atoms with Gasteiger partial charge in [-0.1, -0.05) is 34.5 Å². The number of rotatable bonds is 0. The summed E-state index contributed by atoms with van der Waals surface area (Å²) in [6.45, 7) is 0.336. The third-order valence-corrected chi connectivity index (χ3v) is 3.79. The van der Waals surface area contributed by atoms with Crippen LogP contribution in [0.5, 0.6) is 5.88 Å². The molecular weight excluding hydrogens is 272 g/mol. The van der Waals surface area contributed by atoms with Crippen LogP contribution in [0.15, 0.2) is 12.1 Å². The van der Waals surface area contributed by atoms with Crippen molar-refractivity contribution < 1.29 is 9.13 Å². The summed E-state index contributed by atoms with van der Waals surface area (Å²) >= 11 is 12.8. The zero-order valence-electron chi connectivity index (χ0n) is 7.76. The molecule has 0 fully saturated rings. The highest BCUT2D eigenvalue weighted by atomic mass is 35.5. The minimum absolute atomic E-state index is 0.0985. The van der Waals surface area contributed by atoms with E-state index in [0.29, 0.717) is 17.0 Å². The summed E-state index contributed by atoms with van der Waals surface area (Å²) in [6.07, 6.45) is 0. The summed E-state index contributed by atoms with van der Waals surface area (Å²) < 4.78 is 19.2. The molecule has 2 aromatic rings. The van der Waals surface area contributed by atoms with Crippen molar-refractivity contribution in [2.75, 3.05) is 0 Å². The van der Waals surface area contributed by atoms with Gasteiger partial charge in [-0.25, -0.2) is 4.39 Å². The average molecular weight is 276 g/mol. The van der Waals surface area contributed by atoms with Crippen LogP contribution in [0.4, 0.5) is 4.39 Å². The monoisotopic (exact) mass is 275 g/mol. The fraction of sp³-hybridized carbons (Fsp3) is 0.100. The highest BCUT2D eigenvalue weighted by Gasteiger charge is 2.23. The van der Waals surface area contributed by atoms with Crippen LogP contribution in [0.25, 0.3) is 10.4 Å². The molecule has 0 atom stereocenters. The van der Waals surface area contributed by atoms with Crippen molar-refractivity contribution in [2.24, 2.45) is 0 Å². The van der Waals surface area contributed by atoms with E-state index in [-0.39, 0.29) is 5.02 Å². The summed E-state index contributed by atoms with van der Waals surface area (Å²) in [4.78, 5) is 4.76. The summed E-state index contributed by atoms with van der Waals surface area (Å²) in [6, 6.07) is 2.97. The van der Waals surface area contributed by atoms with Gasteiger partial charge >= 0.3 is 0 Å². The number of fused-ring (bicyclic) bond motifs is 3. The Bertz CT molecular complexity index is 584. The van der Waals surface area contributed by atoms with Crippen molar-refractivity contribution in [2.45, 2.75) is 6.61 Å². The minimum atomic E-state index is -0.446. The molecule has 0 N–H and O–H groups in total. The zero-order chi connectivity index (χ0) is 11.3. The first-order chi connectivity index (χ1) is 7.65. The van der Waals surface area contributed by atoms with Gasteiger partial charge in [0.15, 0.2) is 4.47 Å².